The van der Waals surface area contributed by atoms with Gasteiger partial charge in [0.2, 0.25) is 0 Å². The standard InChI is InChI=1S/C16H19F3N4O/c1-3-20-8-9-21-15(24)13-10-22-23(14(13)16(17,18)19)12-6-4-11(2)5-7-12/h4-7,10,20H,3,8-9H2,1-2H3,(H,21,24). The van der Waals surface area contributed by atoms with E-state index < -0.39 is 23.3 Å². The van der Waals surface area contributed by atoms with Crippen molar-refractivity contribution in [1.82, 2.24) is 20.4 Å². The number of carbonyl (C=O) groups excluding carboxylic acids is 1. The van der Waals surface area contributed by atoms with E-state index in [4.69, 9.17) is 0 Å². The Morgan fingerprint density at radius 3 is 2.46 bits per heavy atom. The highest BCUT2D eigenvalue weighted by Crippen LogP contribution is 2.33. The Morgan fingerprint density at radius 1 is 1.21 bits per heavy atom. The lowest BCUT2D eigenvalue weighted by molar-refractivity contribution is -0.143. The maximum absolute atomic E-state index is 13.5. The van der Waals surface area contributed by atoms with Crippen molar-refractivity contribution < 1.29 is 18.0 Å². The lowest BCUT2D eigenvalue weighted by Gasteiger charge is -2.13. The first-order chi connectivity index (χ1) is 11.3. The van der Waals surface area contributed by atoms with Crippen LogP contribution in [0.1, 0.15) is 28.5 Å². The van der Waals surface area contributed by atoms with E-state index in [-0.39, 0.29) is 12.2 Å². The SMILES string of the molecule is CCNCCNC(=O)c1cnn(-c2ccc(C)cc2)c1C(F)(F)F. The van der Waals surface area contributed by atoms with Gasteiger partial charge >= 0.3 is 6.18 Å². The van der Waals surface area contributed by atoms with Gasteiger partial charge in [-0.2, -0.15) is 18.3 Å². The minimum atomic E-state index is -4.70. The monoisotopic (exact) mass is 340 g/mol. The number of halogens is 3. The number of likely N-dealkylation sites (N-methyl/N-ethyl adjacent to an activating group) is 1. The molecule has 0 aliphatic heterocycles. The van der Waals surface area contributed by atoms with Gasteiger partial charge in [0.25, 0.3) is 5.91 Å². The molecule has 0 saturated carbocycles. The van der Waals surface area contributed by atoms with Crippen LogP contribution in [0.15, 0.2) is 30.5 Å². The summed E-state index contributed by atoms with van der Waals surface area (Å²) in [6.07, 6.45) is -3.75. The lowest BCUT2D eigenvalue weighted by Crippen LogP contribution is -2.32. The van der Waals surface area contributed by atoms with Gasteiger partial charge in [0.15, 0.2) is 5.69 Å². The molecule has 2 aromatic rings. The molecule has 5 nitrogen and oxygen atoms in total. The predicted molar refractivity (Wildman–Crippen MR) is 84.2 cm³/mol. The average Bonchev–Trinajstić information content (AvgIpc) is 2.97. The van der Waals surface area contributed by atoms with E-state index in [9.17, 15) is 18.0 Å². The van der Waals surface area contributed by atoms with Gasteiger partial charge in [-0.25, -0.2) is 4.68 Å². The predicted octanol–water partition coefficient (Wildman–Crippen LogP) is 2.54. The number of nitrogens with one attached hydrogen (secondary N) is 2. The van der Waals surface area contributed by atoms with Crippen LogP contribution in [0.3, 0.4) is 0 Å². The molecule has 0 fully saturated rings. The number of aromatic nitrogens is 2. The van der Waals surface area contributed by atoms with Crippen LogP contribution in [0.25, 0.3) is 5.69 Å². The van der Waals surface area contributed by atoms with Crippen molar-refractivity contribution in [3.05, 3.63) is 47.3 Å². The summed E-state index contributed by atoms with van der Waals surface area (Å²) >= 11 is 0. The fourth-order valence-corrected chi connectivity index (χ4v) is 2.21. The largest absolute Gasteiger partial charge is 0.434 e. The quantitative estimate of drug-likeness (QED) is 0.795. The van der Waals surface area contributed by atoms with Gasteiger partial charge in [0, 0.05) is 13.1 Å². The van der Waals surface area contributed by atoms with E-state index in [2.05, 4.69) is 15.7 Å². The third-order valence-electron chi connectivity index (χ3n) is 3.40. The highest BCUT2D eigenvalue weighted by molar-refractivity contribution is 5.95. The molecule has 2 N–H and O–H groups in total. The highest BCUT2D eigenvalue weighted by Gasteiger charge is 2.40. The number of hydrogen-bond acceptors (Lipinski definition) is 3. The van der Waals surface area contributed by atoms with Crippen molar-refractivity contribution in [2.75, 3.05) is 19.6 Å². The second kappa shape index (κ2) is 7.48. The molecule has 0 unspecified atom stereocenters. The summed E-state index contributed by atoms with van der Waals surface area (Å²) in [5, 5.41) is 9.21. The van der Waals surface area contributed by atoms with Gasteiger partial charge in [0.1, 0.15) is 0 Å². The Morgan fingerprint density at radius 2 is 1.88 bits per heavy atom. The van der Waals surface area contributed by atoms with Crippen molar-refractivity contribution >= 4 is 5.91 Å². The molecule has 0 spiro atoms. The summed E-state index contributed by atoms with van der Waals surface area (Å²) in [5.41, 5.74) is -0.396. The van der Waals surface area contributed by atoms with Gasteiger partial charge in [-0.1, -0.05) is 24.6 Å². The molecule has 1 amide bonds. The summed E-state index contributed by atoms with van der Waals surface area (Å²) in [6, 6.07) is 6.44. The summed E-state index contributed by atoms with van der Waals surface area (Å²) in [4.78, 5) is 12.1. The number of rotatable bonds is 6. The lowest BCUT2D eigenvalue weighted by atomic mass is 10.2. The van der Waals surface area contributed by atoms with Crippen LogP contribution in [0, 0.1) is 6.92 Å². The zero-order chi connectivity index (χ0) is 17.7. The van der Waals surface area contributed by atoms with Crippen LogP contribution < -0.4 is 10.6 Å². The van der Waals surface area contributed by atoms with E-state index in [0.29, 0.717) is 6.54 Å². The normalized spacial score (nSPS) is 11.5. The molecule has 1 aromatic carbocycles. The van der Waals surface area contributed by atoms with Gasteiger partial charge in [-0.3, -0.25) is 4.79 Å². The van der Waals surface area contributed by atoms with Crippen molar-refractivity contribution in [3.8, 4) is 5.69 Å². The van der Waals surface area contributed by atoms with Crippen LogP contribution in [0.4, 0.5) is 13.2 Å². The molecule has 1 heterocycles. The summed E-state index contributed by atoms with van der Waals surface area (Å²) in [7, 11) is 0. The van der Waals surface area contributed by atoms with Gasteiger partial charge < -0.3 is 10.6 Å². The molecule has 0 saturated heterocycles. The van der Waals surface area contributed by atoms with E-state index >= 15 is 0 Å². The molecule has 0 atom stereocenters. The fraction of sp³-hybridized carbons (Fsp3) is 0.375. The van der Waals surface area contributed by atoms with Crippen molar-refractivity contribution in [1.29, 1.82) is 0 Å². The van der Waals surface area contributed by atoms with Gasteiger partial charge in [-0.05, 0) is 25.6 Å². The molecular formula is C16H19F3N4O. The molecule has 2 rings (SSSR count). The second-order valence-electron chi connectivity index (χ2n) is 5.26. The number of hydrogen-bond donors (Lipinski definition) is 2. The minimum Gasteiger partial charge on any atom is -0.351 e. The molecule has 1 aromatic heterocycles. The smallest absolute Gasteiger partial charge is 0.351 e. The average molecular weight is 340 g/mol. The van der Waals surface area contributed by atoms with Crippen molar-refractivity contribution in [3.63, 3.8) is 0 Å². The third kappa shape index (κ3) is 4.14. The number of nitrogens with zero attached hydrogens (tertiary/aromatic N) is 2. The van der Waals surface area contributed by atoms with Crippen LogP contribution in [0.5, 0.6) is 0 Å². The molecule has 8 heteroatoms. The molecular weight excluding hydrogens is 321 g/mol. The number of benzene rings is 1. The van der Waals surface area contributed by atoms with Crippen molar-refractivity contribution in [2.45, 2.75) is 20.0 Å². The molecule has 24 heavy (non-hydrogen) atoms. The highest BCUT2D eigenvalue weighted by atomic mass is 19.4. The Labute approximate surface area is 137 Å². The second-order valence-corrected chi connectivity index (χ2v) is 5.26. The maximum Gasteiger partial charge on any atom is 0.434 e. The van der Waals surface area contributed by atoms with Crippen LogP contribution in [-0.4, -0.2) is 35.3 Å². The Hall–Kier alpha value is -2.35. The molecule has 0 radical (unpaired) electrons. The fourth-order valence-electron chi connectivity index (χ4n) is 2.21. The number of carbonyl (C=O) groups is 1. The van der Waals surface area contributed by atoms with E-state index in [1.54, 1.807) is 12.1 Å². The maximum atomic E-state index is 13.5. The van der Waals surface area contributed by atoms with E-state index in [0.717, 1.165) is 23.0 Å². The summed E-state index contributed by atoms with van der Waals surface area (Å²) in [6.45, 7) is 5.17. The van der Waals surface area contributed by atoms with Crippen LogP contribution >= 0.6 is 0 Å². The first-order valence-electron chi connectivity index (χ1n) is 7.55. The number of aryl methyl sites for hydroxylation is 1. The van der Waals surface area contributed by atoms with E-state index in [1.807, 2.05) is 13.8 Å². The third-order valence-corrected chi connectivity index (χ3v) is 3.40. The zero-order valence-electron chi connectivity index (χ0n) is 13.4. The zero-order valence-corrected chi connectivity index (χ0v) is 13.4. The Bertz CT molecular complexity index is 692. The summed E-state index contributed by atoms with van der Waals surface area (Å²) < 4.78 is 41.1. The first-order valence-corrected chi connectivity index (χ1v) is 7.55. The Kier molecular flexibility index (Phi) is 5.61. The Balaban J connectivity index is 2.33. The minimum absolute atomic E-state index is 0.236. The first kappa shape index (κ1) is 18.0. The van der Waals surface area contributed by atoms with Crippen molar-refractivity contribution in [2.24, 2.45) is 0 Å². The van der Waals surface area contributed by atoms with E-state index in [1.165, 1.54) is 12.1 Å². The number of alkyl halides is 3. The summed E-state index contributed by atoms with van der Waals surface area (Å²) in [5.74, 6) is -0.793. The molecule has 130 valence electrons. The topological polar surface area (TPSA) is 58.9 Å². The van der Waals surface area contributed by atoms with Crippen LogP contribution in [0.2, 0.25) is 0 Å². The molecule has 0 aliphatic rings. The molecule has 0 aliphatic carbocycles. The van der Waals surface area contributed by atoms with Gasteiger partial charge in [0.05, 0.1) is 17.4 Å². The molecule has 0 bridgehead atoms. The van der Waals surface area contributed by atoms with Gasteiger partial charge in [-0.15, -0.1) is 0 Å². The van der Waals surface area contributed by atoms with Crippen LogP contribution in [-0.2, 0) is 6.18 Å². The number of amides is 1.